The normalized spacial score (nSPS) is 24.5. The lowest BCUT2D eigenvalue weighted by Gasteiger charge is -2.18. The Bertz CT molecular complexity index is 1070. The molecule has 0 spiro atoms. The summed E-state index contributed by atoms with van der Waals surface area (Å²) in [5.41, 5.74) is 6.10. The Morgan fingerprint density at radius 2 is 2.32 bits per heavy atom. The van der Waals surface area contributed by atoms with Crippen molar-refractivity contribution in [3.05, 3.63) is 17.4 Å². The Hall–Kier alpha value is -3.01. The molecule has 0 radical (unpaired) electrons. The molecule has 0 bridgehead atoms. The number of anilines is 1. The number of halogens is 2. The van der Waals surface area contributed by atoms with E-state index in [0.717, 1.165) is 0 Å². The van der Waals surface area contributed by atoms with Gasteiger partial charge in [-0.3, -0.25) is 4.57 Å². The molecule has 0 aromatic carbocycles. The molecular weight excluding hydrogens is 441 g/mol. The molecule has 16 heteroatoms. The topological polar surface area (TPSA) is 189 Å². The van der Waals surface area contributed by atoms with Crippen molar-refractivity contribution in [1.82, 2.24) is 40.1 Å². The Morgan fingerprint density at radius 1 is 1.52 bits per heavy atom. The number of hydrogen-bond acceptors (Lipinski definition) is 12. The first kappa shape index (κ1) is 21.2. The molecule has 1 aliphatic heterocycles. The molecule has 0 aliphatic carbocycles. The number of fused-ring (bicyclic) bond motifs is 1. The van der Waals surface area contributed by atoms with Gasteiger partial charge >= 0.3 is 5.97 Å². The van der Waals surface area contributed by atoms with Crippen LogP contribution in [0, 0.1) is 0 Å². The summed E-state index contributed by atoms with van der Waals surface area (Å²) < 4.78 is 32.2. The van der Waals surface area contributed by atoms with Crippen LogP contribution in [0.1, 0.15) is 25.1 Å². The molecule has 0 amide bonds. The Labute approximate surface area is 177 Å². The minimum atomic E-state index is -1.87. The number of tetrazole rings is 1. The second kappa shape index (κ2) is 8.62. The highest BCUT2D eigenvalue weighted by Gasteiger charge is 2.46. The number of rotatable bonds is 7. The smallest absolute Gasteiger partial charge is 0.343 e. The molecule has 4 heterocycles. The SMILES string of the molecule is CCOC(=O)C(OC[C@H]1O[C@@H](n2cnc3c(N)nc(Cl)nc32)[C@@H](F)[C@@H]1O)c1nn[nH]n1. The quantitative estimate of drug-likeness (QED) is 0.305. The van der Waals surface area contributed by atoms with Crippen molar-refractivity contribution in [2.24, 2.45) is 0 Å². The first-order valence-electron chi connectivity index (χ1n) is 9.05. The monoisotopic (exact) mass is 457 g/mol. The van der Waals surface area contributed by atoms with Crippen LogP contribution in [0.4, 0.5) is 10.2 Å². The van der Waals surface area contributed by atoms with Crippen molar-refractivity contribution in [3.63, 3.8) is 0 Å². The number of H-pyrrole nitrogens is 1. The third-order valence-electron chi connectivity index (χ3n) is 4.51. The van der Waals surface area contributed by atoms with E-state index < -0.39 is 36.7 Å². The number of nitrogens with two attached hydrogens (primary N) is 1. The number of ether oxygens (including phenoxy) is 3. The van der Waals surface area contributed by atoms with E-state index in [4.69, 9.17) is 31.5 Å². The second-order valence-corrected chi connectivity index (χ2v) is 6.78. The lowest BCUT2D eigenvalue weighted by Crippen LogP contribution is -2.33. The van der Waals surface area contributed by atoms with Gasteiger partial charge in [-0.05, 0) is 18.5 Å². The summed E-state index contributed by atoms with van der Waals surface area (Å²) in [6.07, 6.45) is -5.98. The average Bonchev–Trinajstić information content (AvgIpc) is 3.45. The first-order valence-corrected chi connectivity index (χ1v) is 9.43. The summed E-state index contributed by atoms with van der Waals surface area (Å²) in [6, 6.07) is 0. The zero-order valence-corrected chi connectivity index (χ0v) is 16.7. The molecule has 0 saturated carbocycles. The van der Waals surface area contributed by atoms with Gasteiger partial charge in [0.2, 0.25) is 17.2 Å². The summed E-state index contributed by atoms with van der Waals surface area (Å²) in [6.45, 7) is 1.33. The number of nitrogens with one attached hydrogen (secondary N) is 1. The predicted molar refractivity (Wildman–Crippen MR) is 99.1 cm³/mol. The van der Waals surface area contributed by atoms with Crippen molar-refractivity contribution in [2.45, 2.75) is 37.6 Å². The average molecular weight is 458 g/mol. The highest BCUT2D eigenvalue weighted by Crippen LogP contribution is 2.35. The first-order chi connectivity index (χ1) is 14.9. The highest BCUT2D eigenvalue weighted by molar-refractivity contribution is 6.28. The molecule has 4 rings (SSSR count). The number of aliphatic hydroxyl groups is 1. The van der Waals surface area contributed by atoms with E-state index in [1.807, 2.05) is 0 Å². The molecule has 1 aliphatic rings. The van der Waals surface area contributed by atoms with Crippen molar-refractivity contribution in [1.29, 1.82) is 0 Å². The largest absolute Gasteiger partial charge is 0.464 e. The fourth-order valence-corrected chi connectivity index (χ4v) is 3.27. The molecular formula is C15H17ClFN9O5. The Morgan fingerprint density at radius 3 is 3.03 bits per heavy atom. The van der Waals surface area contributed by atoms with Crippen LogP contribution < -0.4 is 5.73 Å². The van der Waals surface area contributed by atoms with Crippen LogP contribution in [0.5, 0.6) is 0 Å². The van der Waals surface area contributed by atoms with E-state index >= 15 is 0 Å². The number of alkyl halides is 1. The second-order valence-electron chi connectivity index (χ2n) is 6.44. The number of hydrogen-bond donors (Lipinski definition) is 3. The molecule has 3 aromatic rings. The maximum Gasteiger partial charge on any atom is 0.343 e. The highest BCUT2D eigenvalue weighted by atomic mass is 35.5. The lowest BCUT2D eigenvalue weighted by molar-refractivity contribution is -0.162. The van der Waals surface area contributed by atoms with Gasteiger partial charge in [0.25, 0.3) is 0 Å². The van der Waals surface area contributed by atoms with Crippen molar-refractivity contribution in [2.75, 3.05) is 18.9 Å². The number of imidazole rings is 1. The molecule has 31 heavy (non-hydrogen) atoms. The Kier molecular flexibility index (Phi) is 5.90. The molecule has 5 atom stereocenters. The summed E-state index contributed by atoms with van der Waals surface area (Å²) in [5.74, 6) is -0.839. The van der Waals surface area contributed by atoms with Gasteiger partial charge in [0.15, 0.2) is 23.9 Å². The van der Waals surface area contributed by atoms with Crippen LogP contribution in [0.15, 0.2) is 6.33 Å². The van der Waals surface area contributed by atoms with Crippen molar-refractivity contribution >= 4 is 34.6 Å². The zero-order chi connectivity index (χ0) is 22.1. The van der Waals surface area contributed by atoms with Gasteiger partial charge in [0.1, 0.15) is 17.7 Å². The number of aromatic amines is 1. The van der Waals surface area contributed by atoms with Crippen molar-refractivity contribution < 1.29 is 28.5 Å². The molecule has 1 fully saturated rings. The minimum Gasteiger partial charge on any atom is -0.464 e. The van der Waals surface area contributed by atoms with Gasteiger partial charge in [0.05, 0.1) is 19.5 Å². The fourth-order valence-electron chi connectivity index (χ4n) is 3.10. The summed E-state index contributed by atoms with van der Waals surface area (Å²) in [5, 5.41) is 23.2. The summed E-state index contributed by atoms with van der Waals surface area (Å²) in [7, 11) is 0. The standard InChI is InChI=1S/C15H17ClFN9O5/c1-2-29-14(28)9(11-22-24-25-23-11)30-3-5-8(27)6(17)13(31-5)26-4-19-7-10(18)20-15(16)21-12(7)26/h4-6,8-9,13,27H,2-3H2,1H3,(H2,18,20,21)(H,22,23,24,25)/t5-,6+,8-,9?,13-/m1/s1. The molecule has 3 aromatic heterocycles. The van der Waals surface area contributed by atoms with Crippen LogP contribution >= 0.6 is 11.6 Å². The van der Waals surface area contributed by atoms with Crippen LogP contribution in [0.25, 0.3) is 11.2 Å². The molecule has 4 N–H and O–H groups in total. The molecule has 1 saturated heterocycles. The third kappa shape index (κ3) is 3.99. The number of carbonyl (C=O) groups excluding carboxylic acids is 1. The molecule has 166 valence electrons. The van der Waals surface area contributed by atoms with E-state index in [-0.39, 0.29) is 41.3 Å². The van der Waals surface area contributed by atoms with Gasteiger partial charge in [0, 0.05) is 0 Å². The molecule has 1 unspecified atom stereocenters. The van der Waals surface area contributed by atoms with Crippen LogP contribution in [-0.2, 0) is 19.0 Å². The number of aliphatic hydroxyl groups excluding tert-OH is 1. The summed E-state index contributed by atoms with van der Waals surface area (Å²) in [4.78, 5) is 24.0. The fraction of sp³-hybridized carbons (Fsp3) is 0.533. The van der Waals surface area contributed by atoms with E-state index in [9.17, 15) is 14.3 Å². The maximum absolute atomic E-state index is 14.9. The Balaban J connectivity index is 1.52. The molecule has 14 nitrogen and oxygen atoms in total. The van der Waals surface area contributed by atoms with E-state index in [1.165, 1.54) is 10.9 Å². The van der Waals surface area contributed by atoms with E-state index in [1.54, 1.807) is 6.92 Å². The number of esters is 1. The van der Waals surface area contributed by atoms with Gasteiger partial charge in [-0.2, -0.15) is 15.2 Å². The van der Waals surface area contributed by atoms with E-state index in [0.29, 0.717) is 0 Å². The third-order valence-corrected chi connectivity index (χ3v) is 4.68. The number of carbonyl (C=O) groups is 1. The van der Waals surface area contributed by atoms with Crippen LogP contribution in [0.3, 0.4) is 0 Å². The van der Waals surface area contributed by atoms with Gasteiger partial charge < -0.3 is 25.1 Å². The van der Waals surface area contributed by atoms with Crippen LogP contribution in [-0.4, -0.2) is 82.8 Å². The predicted octanol–water partition coefficient (Wildman–Crippen LogP) is -0.508. The number of nitrogen functional groups attached to an aromatic ring is 1. The summed E-state index contributed by atoms with van der Waals surface area (Å²) >= 11 is 5.83. The van der Waals surface area contributed by atoms with Crippen molar-refractivity contribution in [3.8, 4) is 0 Å². The van der Waals surface area contributed by atoms with Gasteiger partial charge in [-0.1, -0.05) is 5.21 Å². The number of nitrogens with zero attached hydrogens (tertiary/aromatic N) is 7. The zero-order valence-electron chi connectivity index (χ0n) is 15.9. The maximum atomic E-state index is 14.9. The minimum absolute atomic E-state index is 0.0139. The van der Waals surface area contributed by atoms with E-state index in [2.05, 4.69) is 35.6 Å². The van der Waals surface area contributed by atoms with Gasteiger partial charge in [-0.25, -0.2) is 14.2 Å². The van der Waals surface area contributed by atoms with Crippen LogP contribution in [0.2, 0.25) is 5.28 Å². The lowest BCUT2D eigenvalue weighted by atomic mass is 10.1. The number of aromatic nitrogens is 8. The van der Waals surface area contributed by atoms with Gasteiger partial charge in [-0.15, -0.1) is 10.2 Å².